The van der Waals surface area contributed by atoms with Crippen molar-refractivity contribution < 1.29 is 18.8 Å². The summed E-state index contributed by atoms with van der Waals surface area (Å²) < 4.78 is 14.1. The summed E-state index contributed by atoms with van der Waals surface area (Å²) in [5, 5.41) is 5.69. The van der Waals surface area contributed by atoms with Crippen LogP contribution in [0.2, 0.25) is 5.02 Å². The molecule has 208 valence electrons. The van der Waals surface area contributed by atoms with Crippen LogP contribution in [-0.2, 0) is 9.59 Å². The van der Waals surface area contributed by atoms with Crippen LogP contribution in [0.3, 0.4) is 0 Å². The van der Waals surface area contributed by atoms with E-state index in [0.717, 1.165) is 24.8 Å². The van der Waals surface area contributed by atoms with Crippen molar-refractivity contribution in [1.82, 2.24) is 15.1 Å². The predicted molar refractivity (Wildman–Crippen MR) is 153 cm³/mol. The van der Waals surface area contributed by atoms with Gasteiger partial charge in [-0.05, 0) is 59.7 Å². The standard InChI is InChI=1S/C31H31ClFN3O3S/c32-22-10-6-19(7-11-22)25-26(29(37)24-5-2-18-40-24)27(20-8-12-23(33)13-9-20)36(30(38)21-3-1-4-21)28(25)31(39)35-16-14-34-15-17-35/h2,5-13,18,21,25-28,34H,1,3-4,14-17H2. The maximum Gasteiger partial charge on any atom is 0.246 e. The summed E-state index contributed by atoms with van der Waals surface area (Å²) in [6.45, 7) is 2.39. The van der Waals surface area contributed by atoms with Crippen LogP contribution < -0.4 is 5.32 Å². The molecule has 0 radical (unpaired) electrons. The Morgan fingerprint density at radius 2 is 1.57 bits per heavy atom. The molecule has 6 nitrogen and oxygen atoms in total. The average molecular weight is 580 g/mol. The van der Waals surface area contributed by atoms with Gasteiger partial charge in [0.25, 0.3) is 0 Å². The first kappa shape index (κ1) is 27.1. The van der Waals surface area contributed by atoms with E-state index in [1.54, 1.807) is 35.2 Å². The highest BCUT2D eigenvalue weighted by Gasteiger charge is 2.59. The zero-order valence-corrected chi connectivity index (χ0v) is 23.5. The third-order valence-corrected chi connectivity index (χ3v) is 9.73. The Morgan fingerprint density at radius 3 is 2.17 bits per heavy atom. The van der Waals surface area contributed by atoms with Gasteiger partial charge in [0.15, 0.2) is 5.78 Å². The molecule has 1 saturated carbocycles. The second-order valence-electron chi connectivity index (χ2n) is 10.8. The van der Waals surface area contributed by atoms with Crippen molar-refractivity contribution in [1.29, 1.82) is 0 Å². The Bertz CT molecular complexity index is 1370. The molecule has 1 aromatic heterocycles. The van der Waals surface area contributed by atoms with E-state index >= 15 is 0 Å². The van der Waals surface area contributed by atoms with E-state index in [2.05, 4.69) is 5.32 Å². The van der Waals surface area contributed by atoms with Gasteiger partial charge in [0.2, 0.25) is 11.8 Å². The SMILES string of the molecule is O=C(c1cccs1)C1C(c2ccc(Cl)cc2)C(C(=O)N2CCNCC2)N(C(=O)C2CCC2)C1c1ccc(F)cc1. The number of nitrogens with one attached hydrogen (secondary N) is 1. The van der Waals surface area contributed by atoms with E-state index in [1.807, 2.05) is 28.5 Å². The number of halogens is 2. The van der Waals surface area contributed by atoms with Crippen LogP contribution in [0.5, 0.6) is 0 Å². The van der Waals surface area contributed by atoms with Crippen molar-refractivity contribution in [2.45, 2.75) is 37.3 Å². The molecule has 4 atom stereocenters. The number of hydrogen-bond acceptors (Lipinski definition) is 5. The number of benzene rings is 2. The highest BCUT2D eigenvalue weighted by molar-refractivity contribution is 7.12. The Morgan fingerprint density at radius 1 is 0.900 bits per heavy atom. The fourth-order valence-electron chi connectivity index (χ4n) is 6.39. The molecule has 9 heteroatoms. The van der Waals surface area contributed by atoms with Crippen molar-refractivity contribution >= 4 is 40.5 Å². The van der Waals surface area contributed by atoms with Gasteiger partial charge < -0.3 is 15.1 Å². The Hall–Kier alpha value is -3.07. The molecule has 3 heterocycles. The summed E-state index contributed by atoms with van der Waals surface area (Å²) >= 11 is 7.61. The van der Waals surface area contributed by atoms with E-state index in [4.69, 9.17) is 11.6 Å². The summed E-state index contributed by atoms with van der Waals surface area (Å²) in [6, 6.07) is 15.3. The summed E-state index contributed by atoms with van der Waals surface area (Å²) in [5.74, 6) is -2.31. The Labute approximate surface area is 242 Å². The van der Waals surface area contributed by atoms with Gasteiger partial charge >= 0.3 is 0 Å². The number of amides is 2. The molecule has 1 aliphatic carbocycles. The Kier molecular flexibility index (Phi) is 7.75. The maximum atomic E-state index is 14.5. The number of hydrogen-bond donors (Lipinski definition) is 1. The van der Waals surface area contributed by atoms with Crippen LogP contribution in [0.15, 0.2) is 66.0 Å². The third-order valence-electron chi connectivity index (χ3n) is 8.59. The van der Waals surface area contributed by atoms with Crippen LogP contribution >= 0.6 is 22.9 Å². The fraction of sp³-hybridized carbons (Fsp3) is 0.387. The number of thiophene rings is 1. The number of nitrogens with zero attached hydrogens (tertiary/aromatic N) is 2. The smallest absolute Gasteiger partial charge is 0.246 e. The van der Waals surface area contributed by atoms with Crippen LogP contribution in [0.25, 0.3) is 0 Å². The first-order valence-electron chi connectivity index (χ1n) is 13.8. The average Bonchev–Trinajstić information content (AvgIpc) is 3.60. The number of rotatable bonds is 6. The molecule has 2 aliphatic heterocycles. The molecule has 0 spiro atoms. The van der Waals surface area contributed by atoms with E-state index in [-0.39, 0.29) is 23.5 Å². The van der Waals surface area contributed by atoms with Gasteiger partial charge in [-0.2, -0.15) is 0 Å². The minimum atomic E-state index is -0.878. The van der Waals surface area contributed by atoms with Gasteiger partial charge in [-0.15, -0.1) is 11.3 Å². The van der Waals surface area contributed by atoms with Gasteiger partial charge in [0.05, 0.1) is 16.8 Å². The number of carbonyl (C=O) groups is 3. The molecule has 3 aromatic rings. The van der Waals surface area contributed by atoms with Crippen LogP contribution in [0.4, 0.5) is 4.39 Å². The molecule has 4 unspecified atom stereocenters. The molecule has 2 aromatic carbocycles. The second kappa shape index (κ2) is 11.4. The van der Waals surface area contributed by atoms with Gasteiger partial charge in [-0.25, -0.2) is 4.39 Å². The van der Waals surface area contributed by atoms with Gasteiger partial charge in [0, 0.05) is 43.0 Å². The van der Waals surface area contributed by atoms with Crippen LogP contribution in [-0.4, -0.2) is 59.6 Å². The summed E-state index contributed by atoms with van der Waals surface area (Å²) in [6.07, 6.45) is 2.48. The lowest BCUT2D eigenvalue weighted by Crippen LogP contribution is -2.56. The maximum absolute atomic E-state index is 14.5. The molecule has 1 N–H and O–H groups in total. The number of piperazine rings is 1. The summed E-state index contributed by atoms with van der Waals surface area (Å²) in [4.78, 5) is 47.3. The van der Waals surface area contributed by atoms with E-state index in [9.17, 15) is 18.8 Å². The molecule has 2 amide bonds. The van der Waals surface area contributed by atoms with Crippen molar-refractivity contribution in [2.75, 3.05) is 26.2 Å². The molecular formula is C31H31ClFN3O3S. The lowest BCUT2D eigenvalue weighted by Gasteiger charge is -2.39. The summed E-state index contributed by atoms with van der Waals surface area (Å²) in [7, 11) is 0. The largest absolute Gasteiger partial charge is 0.338 e. The lowest BCUT2D eigenvalue weighted by molar-refractivity contribution is -0.150. The first-order chi connectivity index (χ1) is 19.4. The van der Waals surface area contributed by atoms with E-state index in [0.29, 0.717) is 41.6 Å². The topological polar surface area (TPSA) is 69.7 Å². The number of ketones is 1. The molecule has 3 fully saturated rings. The van der Waals surface area contributed by atoms with Crippen molar-refractivity contribution in [3.63, 3.8) is 0 Å². The van der Waals surface area contributed by atoms with Gasteiger partial charge in [0.1, 0.15) is 11.9 Å². The normalized spacial score (nSPS) is 25.1. The predicted octanol–water partition coefficient (Wildman–Crippen LogP) is 5.31. The quantitative estimate of drug-likeness (QED) is 0.402. The minimum Gasteiger partial charge on any atom is -0.338 e. The fourth-order valence-corrected chi connectivity index (χ4v) is 7.23. The van der Waals surface area contributed by atoms with Crippen LogP contribution in [0.1, 0.15) is 52.0 Å². The van der Waals surface area contributed by atoms with Crippen molar-refractivity contribution in [3.05, 3.63) is 92.9 Å². The second-order valence-corrected chi connectivity index (χ2v) is 12.2. The zero-order chi connectivity index (χ0) is 27.8. The molecule has 40 heavy (non-hydrogen) atoms. The number of carbonyl (C=O) groups excluding carboxylic acids is 3. The molecule has 3 aliphatic rings. The molecule has 6 rings (SSSR count). The number of Topliss-reactive ketones (excluding diaryl/α,β-unsaturated/α-hetero) is 1. The van der Waals surface area contributed by atoms with E-state index < -0.39 is 29.7 Å². The van der Waals surface area contributed by atoms with E-state index in [1.165, 1.54) is 23.5 Å². The minimum absolute atomic E-state index is 0.102. The first-order valence-corrected chi connectivity index (χ1v) is 15.1. The lowest BCUT2D eigenvalue weighted by atomic mass is 9.77. The Balaban J connectivity index is 1.57. The van der Waals surface area contributed by atoms with Crippen molar-refractivity contribution in [3.8, 4) is 0 Å². The van der Waals surface area contributed by atoms with Gasteiger partial charge in [-0.1, -0.05) is 48.4 Å². The summed E-state index contributed by atoms with van der Waals surface area (Å²) in [5.41, 5.74) is 1.43. The van der Waals surface area contributed by atoms with Crippen LogP contribution in [0, 0.1) is 17.7 Å². The molecular weight excluding hydrogens is 549 g/mol. The van der Waals surface area contributed by atoms with Gasteiger partial charge in [-0.3, -0.25) is 14.4 Å². The molecule has 0 bridgehead atoms. The zero-order valence-electron chi connectivity index (χ0n) is 22.0. The number of likely N-dealkylation sites (tertiary alicyclic amines) is 1. The highest BCUT2D eigenvalue weighted by atomic mass is 35.5. The molecule has 2 saturated heterocycles. The van der Waals surface area contributed by atoms with Crippen molar-refractivity contribution in [2.24, 2.45) is 11.8 Å². The third kappa shape index (κ3) is 4.97. The highest BCUT2D eigenvalue weighted by Crippen LogP contribution is 2.53. The monoisotopic (exact) mass is 579 g/mol.